The highest BCUT2D eigenvalue weighted by Crippen LogP contribution is 2.38. The number of hydrogen-bond donors (Lipinski definition) is 5. The van der Waals surface area contributed by atoms with Gasteiger partial charge in [-0.2, -0.15) is 0 Å². The van der Waals surface area contributed by atoms with Crippen molar-refractivity contribution in [2.75, 3.05) is 27.9 Å². The number of carbonyl (C=O) groups excluding carboxylic acids is 3. The molecule has 16 atom stereocenters. The van der Waals surface area contributed by atoms with Crippen molar-refractivity contribution in [3.63, 3.8) is 0 Å². The molecule has 3 aliphatic heterocycles. The van der Waals surface area contributed by atoms with Crippen LogP contribution < -0.4 is 0 Å². The Morgan fingerprint density at radius 3 is 2.24 bits per heavy atom. The van der Waals surface area contributed by atoms with E-state index in [1.165, 1.54) is 25.9 Å². The highest BCUT2D eigenvalue weighted by Gasteiger charge is 2.53. The number of carboxylic acids is 1. The SMILES string of the molecule is CO[C@H]1C[C@@H]2CC[C@@H](C)[C@@](O)(O2)C(=O)C(=O)N2CCCC[C@H]2C(=O)O[C@H]([C@H](C)C[C@@H]2CC[C@@H](O)[C@H](OC)C2)C[C@@H](O)[C@H](C)/C=C(\C)[C@@H](O)[C@@H](OC)C(=NOC(C)(C)C(=O)O)[C@H](C)C[C@H](C)/C=C/C=C/C=C/1C. The number of cyclic esters (lactones) is 1. The second-order valence-corrected chi connectivity index (χ2v) is 21.8. The third kappa shape index (κ3) is 16.1. The Labute approximate surface area is 428 Å². The van der Waals surface area contributed by atoms with Crippen LogP contribution in [0.15, 0.2) is 52.8 Å². The normalized spacial score (nSPS) is 39.4. The zero-order chi connectivity index (χ0) is 53.7. The van der Waals surface area contributed by atoms with Gasteiger partial charge in [-0.3, -0.25) is 9.59 Å². The number of carboxylic acid groups (broad SMARTS) is 1. The summed E-state index contributed by atoms with van der Waals surface area (Å²) in [6.07, 6.45) is 10.4. The van der Waals surface area contributed by atoms with Crippen LogP contribution in [0.25, 0.3) is 0 Å². The number of Topliss-reactive ketones (excluding diaryl/α,β-unsaturated/α-hetero) is 1. The lowest BCUT2D eigenvalue weighted by molar-refractivity contribution is -0.265. The summed E-state index contributed by atoms with van der Waals surface area (Å²) in [5.74, 6) is -8.47. The van der Waals surface area contributed by atoms with E-state index in [9.17, 15) is 44.7 Å². The molecule has 17 heteroatoms. The lowest BCUT2D eigenvalue weighted by atomic mass is 9.78. The first-order chi connectivity index (χ1) is 33.9. The minimum absolute atomic E-state index is 0.0175. The van der Waals surface area contributed by atoms with Gasteiger partial charge in [0.25, 0.3) is 11.7 Å². The maximum atomic E-state index is 14.5. The second kappa shape index (κ2) is 27.6. The van der Waals surface area contributed by atoms with Crippen molar-refractivity contribution in [3.05, 3.63) is 47.6 Å². The van der Waals surface area contributed by atoms with Crippen molar-refractivity contribution < 1.29 is 73.2 Å². The zero-order valence-corrected chi connectivity index (χ0v) is 45.0. The summed E-state index contributed by atoms with van der Waals surface area (Å²) in [5, 5.41) is 60.7. The number of aliphatic hydroxyl groups excluding tert-OH is 3. The number of aliphatic hydroxyl groups is 4. The predicted molar refractivity (Wildman–Crippen MR) is 271 cm³/mol. The van der Waals surface area contributed by atoms with Crippen molar-refractivity contribution in [2.24, 2.45) is 40.7 Å². The van der Waals surface area contributed by atoms with Gasteiger partial charge in [0.1, 0.15) is 24.4 Å². The molecule has 2 saturated heterocycles. The molecular formula is C55H88N2O15. The summed E-state index contributed by atoms with van der Waals surface area (Å²) in [5.41, 5.74) is -0.0972. The maximum absolute atomic E-state index is 14.5. The highest BCUT2D eigenvalue weighted by atomic mass is 16.7. The fraction of sp³-hybridized carbons (Fsp3) is 0.764. The third-order valence-electron chi connectivity index (χ3n) is 15.6. The van der Waals surface area contributed by atoms with Gasteiger partial charge in [-0.15, -0.1) is 0 Å². The molecule has 1 saturated carbocycles. The number of hydrogen-bond acceptors (Lipinski definition) is 15. The molecule has 72 heavy (non-hydrogen) atoms. The molecule has 1 amide bonds. The Hall–Kier alpha value is -3.81. The van der Waals surface area contributed by atoms with E-state index in [1.807, 2.05) is 58.1 Å². The van der Waals surface area contributed by atoms with Crippen LogP contribution in [0.2, 0.25) is 0 Å². The standard InChI is InChI=1S/C55H88N2O15/c1-32-18-14-13-15-19-33(2)44(67-10)30-40-23-21-38(7)55(66,71-40)50(61)51(62)57-25-17-16-20-41(57)52(63)70-45(35(4)28-39-22-24-42(58)46(29-39)68-11)31-43(59)34(3)27-37(6)48(60)49(69-12)47(36(5)26-32)56-72-54(8,9)53(64)65/h13-15,18-19,27,32,34-36,38-46,48-49,58-60,66H,16-17,20-26,28-31H2,1-12H3,(H,64,65)/b15-13+,18-14+,33-19+,37-27+,56-47?/t32-,34-,35-,36-,38-,39+,40+,41+,42-,43-,44+,45+,46-,48-,49+,55-/m1/s1. The molecule has 408 valence electrons. The van der Waals surface area contributed by atoms with Crippen LogP contribution in [-0.2, 0) is 47.7 Å². The first-order valence-corrected chi connectivity index (χ1v) is 26.2. The number of fused-ring (bicyclic) bond motifs is 3. The Morgan fingerprint density at radius 1 is 0.875 bits per heavy atom. The van der Waals surface area contributed by atoms with Crippen molar-refractivity contribution in [1.29, 1.82) is 0 Å². The number of methoxy groups -OCH3 is 3. The quantitative estimate of drug-likeness (QED) is 0.0704. The van der Waals surface area contributed by atoms with Crippen LogP contribution in [0.5, 0.6) is 0 Å². The molecule has 4 aliphatic rings. The van der Waals surface area contributed by atoms with Crippen LogP contribution in [0.3, 0.4) is 0 Å². The average molecular weight is 1020 g/mol. The average Bonchev–Trinajstić information content (AvgIpc) is 3.34. The van der Waals surface area contributed by atoms with E-state index in [4.69, 9.17) is 28.5 Å². The Kier molecular flexibility index (Phi) is 23.3. The molecule has 4 rings (SSSR count). The summed E-state index contributed by atoms with van der Waals surface area (Å²) in [4.78, 5) is 62.0. The minimum Gasteiger partial charge on any atom is -0.478 e. The number of aliphatic carboxylic acids is 1. The number of allylic oxidation sites excluding steroid dienone is 5. The molecule has 0 spiro atoms. The van der Waals surface area contributed by atoms with Crippen molar-refractivity contribution in [3.8, 4) is 0 Å². The fourth-order valence-electron chi connectivity index (χ4n) is 10.6. The predicted octanol–water partition coefficient (Wildman–Crippen LogP) is 6.64. The Bertz CT molecular complexity index is 1960. The minimum atomic E-state index is -2.44. The molecule has 2 bridgehead atoms. The van der Waals surface area contributed by atoms with Gasteiger partial charge in [-0.05, 0) is 121 Å². The number of nitrogens with zero attached hydrogens (tertiary/aromatic N) is 2. The summed E-state index contributed by atoms with van der Waals surface area (Å²) in [6.45, 7) is 15.8. The van der Waals surface area contributed by atoms with E-state index in [0.29, 0.717) is 69.1 Å². The number of piperidine rings is 1. The molecule has 0 radical (unpaired) electrons. The summed E-state index contributed by atoms with van der Waals surface area (Å²) in [7, 11) is 4.56. The molecule has 3 fully saturated rings. The monoisotopic (exact) mass is 1020 g/mol. The fourth-order valence-corrected chi connectivity index (χ4v) is 10.6. The van der Waals surface area contributed by atoms with E-state index in [1.54, 1.807) is 41.1 Å². The lowest BCUT2D eigenvalue weighted by Gasteiger charge is -2.43. The number of rotatable bonds is 9. The molecule has 1 aliphatic carbocycles. The maximum Gasteiger partial charge on any atom is 0.350 e. The summed E-state index contributed by atoms with van der Waals surface area (Å²) >= 11 is 0. The van der Waals surface area contributed by atoms with Gasteiger partial charge in [0, 0.05) is 58.5 Å². The molecular weight excluding hydrogens is 929 g/mol. The van der Waals surface area contributed by atoms with Gasteiger partial charge in [0.2, 0.25) is 11.4 Å². The van der Waals surface area contributed by atoms with Crippen LogP contribution in [0.4, 0.5) is 0 Å². The molecule has 3 heterocycles. The van der Waals surface area contributed by atoms with Crippen molar-refractivity contribution >= 4 is 29.3 Å². The van der Waals surface area contributed by atoms with Gasteiger partial charge in [0.15, 0.2) is 0 Å². The third-order valence-corrected chi connectivity index (χ3v) is 15.6. The van der Waals surface area contributed by atoms with Gasteiger partial charge in [-0.25, -0.2) is 9.59 Å². The number of ketones is 1. The number of carbonyl (C=O) groups is 4. The molecule has 0 aromatic carbocycles. The summed E-state index contributed by atoms with van der Waals surface area (Å²) < 4.78 is 29.9. The van der Waals surface area contributed by atoms with E-state index >= 15 is 0 Å². The van der Waals surface area contributed by atoms with E-state index < -0.39 is 95.6 Å². The molecule has 0 unspecified atom stereocenters. The lowest BCUT2D eigenvalue weighted by Crippen LogP contribution is -2.61. The topological polar surface area (TPSA) is 240 Å². The van der Waals surface area contributed by atoms with Crippen LogP contribution in [0, 0.1) is 35.5 Å². The Morgan fingerprint density at radius 2 is 1.58 bits per heavy atom. The van der Waals surface area contributed by atoms with Crippen molar-refractivity contribution in [1.82, 2.24) is 4.90 Å². The van der Waals surface area contributed by atoms with Gasteiger partial charge < -0.3 is 59.0 Å². The van der Waals surface area contributed by atoms with E-state index in [-0.39, 0.29) is 49.2 Å². The second-order valence-electron chi connectivity index (χ2n) is 21.8. The number of oxime groups is 1. The Balaban J connectivity index is 1.78. The van der Waals surface area contributed by atoms with E-state index in [0.717, 1.165) is 12.0 Å². The first kappa shape index (κ1) is 60.7. The number of esters is 1. The van der Waals surface area contributed by atoms with Gasteiger partial charge in [0.05, 0.1) is 36.2 Å². The van der Waals surface area contributed by atoms with Crippen LogP contribution in [-0.4, -0.2) is 154 Å². The number of amides is 1. The molecule has 0 aromatic heterocycles. The summed E-state index contributed by atoms with van der Waals surface area (Å²) in [6, 6.07) is -1.14. The van der Waals surface area contributed by atoms with Crippen molar-refractivity contribution in [2.45, 2.75) is 206 Å². The zero-order valence-electron chi connectivity index (χ0n) is 45.0. The van der Waals surface area contributed by atoms with E-state index in [2.05, 4.69) is 5.16 Å². The van der Waals surface area contributed by atoms with Crippen LogP contribution in [0.1, 0.15) is 139 Å². The molecule has 5 N–H and O–H groups in total. The largest absolute Gasteiger partial charge is 0.478 e. The van der Waals surface area contributed by atoms with Gasteiger partial charge in [-0.1, -0.05) is 76.2 Å². The first-order valence-electron chi connectivity index (χ1n) is 26.2. The molecule has 0 aromatic rings. The van der Waals surface area contributed by atoms with Crippen LogP contribution >= 0.6 is 0 Å². The van der Waals surface area contributed by atoms with Gasteiger partial charge >= 0.3 is 11.9 Å². The number of ether oxygens (including phenoxy) is 5. The highest BCUT2D eigenvalue weighted by molar-refractivity contribution is 6.39. The smallest absolute Gasteiger partial charge is 0.350 e. The molecule has 17 nitrogen and oxygen atoms in total.